The first-order valence-corrected chi connectivity index (χ1v) is 10.4. The first-order chi connectivity index (χ1) is 14.2. The minimum atomic E-state index is -0.156. The summed E-state index contributed by atoms with van der Waals surface area (Å²) in [4.78, 5) is 27.9. The largest absolute Gasteiger partial charge is 0.456 e. The number of benzene rings is 2. The van der Waals surface area contributed by atoms with Gasteiger partial charge in [-0.25, -0.2) is 0 Å². The van der Waals surface area contributed by atoms with Gasteiger partial charge in [-0.15, -0.1) is 0 Å². The number of amides is 2. The Bertz CT molecular complexity index is 1150. The topological polar surface area (TPSA) is 50.5 Å². The maximum atomic E-state index is 13.2. The molecule has 0 spiro atoms. The first kappa shape index (κ1) is 15.7. The molecule has 4 nitrogen and oxygen atoms in total. The fourth-order valence-corrected chi connectivity index (χ4v) is 6.11. The van der Waals surface area contributed by atoms with Gasteiger partial charge >= 0.3 is 0 Å². The number of rotatable bonds is 2. The molecule has 1 saturated heterocycles. The minimum absolute atomic E-state index is 0.0128. The number of hydrogen-bond acceptors (Lipinski definition) is 3. The third-order valence-electron chi connectivity index (χ3n) is 7.50. The van der Waals surface area contributed by atoms with Gasteiger partial charge in [-0.1, -0.05) is 30.4 Å². The molecule has 29 heavy (non-hydrogen) atoms. The predicted octanol–water partition coefficient (Wildman–Crippen LogP) is 4.66. The van der Waals surface area contributed by atoms with Gasteiger partial charge in [0.05, 0.1) is 17.5 Å². The summed E-state index contributed by atoms with van der Waals surface area (Å²) >= 11 is 0. The maximum absolute atomic E-state index is 13.2. The van der Waals surface area contributed by atoms with E-state index in [0.29, 0.717) is 17.5 Å². The van der Waals surface area contributed by atoms with Gasteiger partial charge in [-0.3, -0.25) is 14.5 Å². The van der Waals surface area contributed by atoms with Crippen molar-refractivity contribution in [2.75, 3.05) is 4.90 Å². The molecule has 2 aromatic carbocycles. The Morgan fingerprint density at radius 1 is 0.828 bits per heavy atom. The van der Waals surface area contributed by atoms with Gasteiger partial charge in [0.1, 0.15) is 11.3 Å². The van der Waals surface area contributed by atoms with Gasteiger partial charge < -0.3 is 4.42 Å². The molecule has 3 fully saturated rings. The van der Waals surface area contributed by atoms with Crippen LogP contribution in [0.2, 0.25) is 0 Å². The number of anilines is 1. The third kappa shape index (κ3) is 1.99. The summed E-state index contributed by atoms with van der Waals surface area (Å²) in [6.45, 7) is 0. The van der Waals surface area contributed by atoms with Crippen molar-refractivity contribution >= 4 is 28.5 Å². The molecule has 2 heterocycles. The Labute approximate surface area is 167 Å². The van der Waals surface area contributed by atoms with Crippen LogP contribution < -0.4 is 4.90 Å². The Balaban J connectivity index is 1.23. The molecule has 4 heteroatoms. The van der Waals surface area contributed by atoms with Crippen molar-refractivity contribution in [2.24, 2.45) is 35.5 Å². The second kappa shape index (κ2) is 5.26. The lowest BCUT2D eigenvalue weighted by Gasteiger charge is -2.37. The highest BCUT2D eigenvalue weighted by Crippen LogP contribution is 2.65. The highest BCUT2D eigenvalue weighted by Gasteiger charge is 2.67. The molecule has 2 amide bonds. The summed E-state index contributed by atoms with van der Waals surface area (Å²) in [5, 5.41) is 1.06. The summed E-state index contributed by atoms with van der Waals surface area (Å²) in [6, 6.07) is 17.5. The maximum Gasteiger partial charge on any atom is 0.238 e. The average molecular weight is 381 g/mol. The molecule has 4 aliphatic carbocycles. The van der Waals surface area contributed by atoms with E-state index in [1.54, 1.807) is 0 Å². The molecule has 0 N–H and O–H groups in total. The van der Waals surface area contributed by atoms with Gasteiger partial charge in [0.15, 0.2) is 0 Å². The zero-order valence-corrected chi connectivity index (χ0v) is 15.7. The lowest BCUT2D eigenvalue weighted by Crippen LogP contribution is -2.40. The van der Waals surface area contributed by atoms with E-state index in [0.717, 1.165) is 22.3 Å². The molecule has 1 aliphatic heterocycles. The quantitative estimate of drug-likeness (QED) is 0.479. The highest BCUT2D eigenvalue weighted by atomic mass is 16.3. The molecule has 1 aromatic heterocycles. The van der Waals surface area contributed by atoms with Crippen LogP contribution in [0.3, 0.4) is 0 Å². The van der Waals surface area contributed by atoms with E-state index in [-0.39, 0.29) is 35.5 Å². The molecule has 8 rings (SSSR count). The fraction of sp³-hybridized carbons (Fsp3) is 0.280. The van der Waals surface area contributed by atoms with Crippen LogP contribution in [0, 0.1) is 35.5 Å². The van der Waals surface area contributed by atoms with Gasteiger partial charge in [0.2, 0.25) is 11.8 Å². The number of furan rings is 1. The normalized spacial score (nSPS) is 34.0. The molecule has 142 valence electrons. The van der Waals surface area contributed by atoms with Crippen molar-refractivity contribution in [3.05, 3.63) is 66.7 Å². The second-order valence-electron chi connectivity index (χ2n) is 8.86. The zero-order valence-electron chi connectivity index (χ0n) is 15.7. The number of carbonyl (C=O) groups excluding carboxylic acids is 2. The Morgan fingerprint density at radius 2 is 1.48 bits per heavy atom. The Kier molecular flexibility index (Phi) is 2.86. The Morgan fingerprint density at radius 3 is 2.14 bits per heavy atom. The van der Waals surface area contributed by atoms with Crippen LogP contribution in [0.4, 0.5) is 5.69 Å². The molecular formula is C25H19NO3. The molecule has 6 atom stereocenters. The van der Waals surface area contributed by atoms with Crippen molar-refractivity contribution in [1.29, 1.82) is 0 Å². The molecule has 2 saturated carbocycles. The number of imide groups is 1. The van der Waals surface area contributed by atoms with Gasteiger partial charge in [0, 0.05) is 10.9 Å². The second-order valence-corrected chi connectivity index (χ2v) is 8.86. The molecule has 5 aliphatic rings. The number of carbonyl (C=O) groups is 2. The van der Waals surface area contributed by atoms with Crippen LogP contribution in [0.5, 0.6) is 0 Å². The Hall–Kier alpha value is -3.14. The highest BCUT2D eigenvalue weighted by molar-refractivity contribution is 6.22. The molecule has 0 unspecified atom stereocenters. The summed E-state index contributed by atoms with van der Waals surface area (Å²) in [5.74, 6) is 2.21. The standard InChI is InChI=1S/C25H19NO3/c27-24-22-16-9-10-17(19-12-18(16)19)23(22)25(28)26(24)15-7-5-13(6-8-15)21-11-14-3-1-2-4-20(14)29-21/h1-11,16-19,22-23H,12H2/t16-,17-,18-,19-,22+,23+/m0/s1. The summed E-state index contributed by atoms with van der Waals surface area (Å²) < 4.78 is 5.94. The van der Waals surface area contributed by atoms with E-state index in [1.807, 2.05) is 54.6 Å². The van der Waals surface area contributed by atoms with Crippen LogP contribution in [0.1, 0.15) is 6.42 Å². The lowest BCUT2D eigenvalue weighted by atomic mass is 9.63. The zero-order chi connectivity index (χ0) is 19.3. The van der Waals surface area contributed by atoms with Crippen molar-refractivity contribution in [1.82, 2.24) is 0 Å². The van der Waals surface area contributed by atoms with Gasteiger partial charge in [-0.2, -0.15) is 0 Å². The minimum Gasteiger partial charge on any atom is -0.456 e. The van der Waals surface area contributed by atoms with Gasteiger partial charge in [-0.05, 0) is 66.5 Å². The lowest BCUT2D eigenvalue weighted by molar-refractivity contribution is -0.124. The van der Waals surface area contributed by atoms with E-state index in [2.05, 4.69) is 12.2 Å². The molecule has 2 bridgehead atoms. The number of nitrogens with zero attached hydrogens (tertiary/aromatic N) is 1. The van der Waals surface area contributed by atoms with Crippen LogP contribution in [-0.4, -0.2) is 11.8 Å². The van der Waals surface area contributed by atoms with E-state index in [4.69, 9.17) is 4.42 Å². The average Bonchev–Trinajstić information content (AvgIpc) is 3.40. The SMILES string of the molecule is O=C1[C@@H]2[C@H]3C=C[C@@H]([C@@H]4C[C@@H]34)[C@H]2C(=O)N1c1ccc(-c2cc3ccccc3o2)cc1. The molecule has 0 radical (unpaired) electrons. The summed E-state index contributed by atoms with van der Waals surface area (Å²) in [7, 11) is 0. The smallest absolute Gasteiger partial charge is 0.238 e. The number of fused-ring (bicyclic) bond motifs is 1. The molecular weight excluding hydrogens is 362 g/mol. The van der Waals surface area contributed by atoms with E-state index >= 15 is 0 Å². The fourth-order valence-electron chi connectivity index (χ4n) is 6.11. The summed E-state index contributed by atoms with van der Waals surface area (Å²) in [5.41, 5.74) is 2.45. The summed E-state index contributed by atoms with van der Waals surface area (Å²) in [6.07, 6.45) is 5.60. The van der Waals surface area contributed by atoms with Crippen molar-refractivity contribution in [2.45, 2.75) is 6.42 Å². The van der Waals surface area contributed by atoms with E-state index in [9.17, 15) is 9.59 Å². The van der Waals surface area contributed by atoms with Gasteiger partial charge in [0.25, 0.3) is 0 Å². The monoisotopic (exact) mass is 381 g/mol. The number of hydrogen-bond donors (Lipinski definition) is 0. The first-order valence-electron chi connectivity index (χ1n) is 10.4. The molecule has 3 aromatic rings. The van der Waals surface area contributed by atoms with Crippen LogP contribution in [0.15, 0.2) is 71.2 Å². The van der Waals surface area contributed by atoms with Crippen LogP contribution >= 0.6 is 0 Å². The van der Waals surface area contributed by atoms with Crippen molar-refractivity contribution < 1.29 is 14.0 Å². The number of para-hydroxylation sites is 1. The van der Waals surface area contributed by atoms with Crippen molar-refractivity contribution in [3.63, 3.8) is 0 Å². The predicted molar refractivity (Wildman–Crippen MR) is 109 cm³/mol. The van der Waals surface area contributed by atoms with Crippen LogP contribution in [-0.2, 0) is 9.59 Å². The van der Waals surface area contributed by atoms with Crippen molar-refractivity contribution in [3.8, 4) is 11.3 Å². The van der Waals surface area contributed by atoms with E-state index in [1.165, 1.54) is 11.3 Å². The number of allylic oxidation sites excluding steroid dienone is 2. The van der Waals surface area contributed by atoms with Crippen LogP contribution in [0.25, 0.3) is 22.3 Å². The third-order valence-corrected chi connectivity index (χ3v) is 7.50. The van der Waals surface area contributed by atoms with E-state index < -0.39 is 0 Å².